The third-order valence-corrected chi connectivity index (χ3v) is 5.66. The lowest BCUT2D eigenvalue weighted by molar-refractivity contribution is 0.171. The molecule has 0 aromatic carbocycles. The van der Waals surface area contributed by atoms with Crippen LogP contribution in [0.3, 0.4) is 0 Å². The largest absolute Gasteiger partial charge is 0.385 e. The van der Waals surface area contributed by atoms with Gasteiger partial charge in [0.05, 0.1) is 0 Å². The van der Waals surface area contributed by atoms with Crippen molar-refractivity contribution in [2.45, 2.75) is 58.4 Å². The van der Waals surface area contributed by atoms with Gasteiger partial charge >= 0.3 is 0 Å². The first-order valence-electron chi connectivity index (χ1n) is 8.10. The Morgan fingerprint density at radius 1 is 1.30 bits per heavy atom. The molecule has 0 fully saturated rings. The van der Waals surface area contributed by atoms with Gasteiger partial charge in [0.1, 0.15) is 0 Å². The Morgan fingerprint density at radius 2 is 2.10 bits per heavy atom. The van der Waals surface area contributed by atoms with Crippen LogP contribution in [0.5, 0.6) is 0 Å². The van der Waals surface area contributed by atoms with E-state index in [2.05, 4.69) is 36.6 Å². The van der Waals surface area contributed by atoms with Crippen LogP contribution >= 0.6 is 11.3 Å². The maximum absolute atomic E-state index is 5.25. The minimum atomic E-state index is 0.493. The molecule has 1 heterocycles. The molecule has 0 bridgehead atoms. The molecule has 20 heavy (non-hydrogen) atoms. The zero-order valence-electron chi connectivity index (χ0n) is 13.2. The van der Waals surface area contributed by atoms with Gasteiger partial charge in [0, 0.05) is 29.5 Å². The molecule has 3 heteroatoms. The summed E-state index contributed by atoms with van der Waals surface area (Å²) >= 11 is 2.06. The van der Waals surface area contributed by atoms with Crippen LogP contribution in [0.25, 0.3) is 0 Å². The summed E-state index contributed by atoms with van der Waals surface area (Å²) < 4.78 is 5.25. The molecule has 1 aromatic heterocycles. The van der Waals surface area contributed by atoms with Crippen LogP contribution in [0.15, 0.2) is 6.07 Å². The van der Waals surface area contributed by atoms with E-state index in [4.69, 9.17) is 4.74 Å². The van der Waals surface area contributed by atoms with E-state index in [1.807, 2.05) is 0 Å². The van der Waals surface area contributed by atoms with Gasteiger partial charge in [-0.2, -0.15) is 0 Å². The van der Waals surface area contributed by atoms with Gasteiger partial charge in [-0.3, -0.25) is 0 Å². The second-order valence-electron chi connectivity index (χ2n) is 5.95. The summed E-state index contributed by atoms with van der Waals surface area (Å²) in [6.07, 6.45) is 7.85. The van der Waals surface area contributed by atoms with Crippen LogP contribution < -0.4 is 5.32 Å². The van der Waals surface area contributed by atoms with Crippen LogP contribution in [0.2, 0.25) is 0 Å². The molecule has 1 aromatic rings. The van der Waals surface area contributed by atoms with E-state index in [-0.39, 0.29) is 0 Å². The average Bonchev–Trinajstić information content (AvgIpc) is 2.72. The van der Waals surface area contributed by atoms with Crippen LogP contribution in [0, 0.1) is 5.92 Å². The number of aryl methyl sites for hydroxylation is 2. The van der Waals surface area contributed by atoms with Crippen LogP contribution in [0.4, 0.5) is 0 Å². The fraction of sp³-hybridized carbons (Fsp3) is 0.765. The van der Waals surface area contributed by atoms with Crippen molar-refractivity contribution in [3.05, 3.63) is 21.4 Å². The molecule has 0 aliphatic heterocycles. The average molecular weight is 295 g/mol. The molecule has 1 N–H and O–H groups in total. The molecule has 0 amide bonds. The number of methoxy groups -OCH3 is 1. The molecule has 2 nitrogen and oxygen atoms in total. The molecule has 0 saturated heterocycles. The smallest absolute Gasteiger partial charge is 0.0465 e. The number of hydrogen-bond acceptors (Lipinski definition) is 3. The third-order valence-electron chi connectivity index (χ3n) is 4.34. The normalized spacial score (nSPS) is 18.4. The SMILES string of the molecule is CCNC(c1cc2c(s1)CCCCC2)C(C)CCOC. The maximum atomic E-state index is 5.25. The summed E-state index contributed by atoms with van der Waals surface area (Å²) in [6, 6.07) is 2.98. The zero-order chi connectivity index (χ0) is 14.4. The monoisotopic (exact) mass is 295 g/mol. The fourth-order valence-corrected chi connectivity index (χ4v) is 4.58. The standard InChI is InChI=1S/C17H29NOS/c1-4-18-17(13(2)10-11-19-3)16-12-14-8-6-5-7-9-15(14)20-16/h12-13,17-18H,4-11H2,1-3H3. The first kappa shape index (κ1) is 16.0. The predicted octanol–water partition coefficient (Wildman–Crippen LogP) is 4.34. The predicted molar refractivity (Wildman–Crippen MR) is 87.7 cm³/mol. The first-order valence-corrected chi connectivity index (χ1v) is 8.91. The van der Waals surface area contributed by atoms with Gasteiger partial charge in [-0.1, -0.05) is 20.3 Å². The number of rotatable bonds is 7. The topological polar surface area (TPSA) is 21.3 Å². The Bertz CT molecular complexity index is 378. The Morgan fingerprint density at radius 3 is 2.85 bits per heavy atom. The Labute approximate surface area is 127 Å². The first-order chi connectivity index (χ1) is 9.76. The molecule has 0 radical (unpaired) electrons. The van der Waals surface area contributed by atoms with Gasteiger partial charge in [0.25, 0.3) is 0 Å². The zero-order valence-corrected chi connectivity index (χ0v) is 14.0. The number of nitrogens with one attached hydrogen (secondary N) is 1. The van der Waals surface area contributed by atoms with E-state index in [0.717, 1.165) is 19.6 Å². The number of fused-ring (bicyclic) bond motifs is 1. The third kappa shape index (κ3) is 4.06. The second kappa shape index (κ2) is 8.16. The molecule has 0 saturated carbocycles. The minimum absolute atomic E-state index is 0.493. The highest BCUT2D eigenvalue weighted by Crippen LogP contribution is 2.35. The summed E-state index contributed by atoms with van der Waals surface area (Å²) in [4.78, 5) is 3.20. The summed E-state index contributed by atoms with van der Waals surface area (Å²) in [7, 11) is 1.79. The number of thiophene rings is 1. The molecule has 2 unspecified atom stereocenters. The lowest BCUT2D eigenvalue weighted by atomic mass is 9.96. The molecule has 1 aliphatic rings. The van der Waals surface area contributed by atoms with Crippen LogP contribution in [-0.4, -0.2) is 20.3 Å². The summed E-state index contributed by atoms with van der Waals surface area (Å²) in [6.45, 7) is 6.44. The van der Waals surface area contributed by atoms with Crippen molar-refractivity contribution < 1.29 is 4.74 Å². The van der Waals surface area contributed by atoms with Gasteiger partial charge < -0.3 is 10.1 Å². The van der Waals surface area contributed by atoms with Crippen LogP contribution in [-0.2, 0) is 17.6 Å². The van der Waals surface area contributed by atoms with Crippen molar-refractivity contribution in [1.29, 1.82) is 0 Å². The van der Waals surface area contributed by atoms with Gasteiger partial charge in [0.2, 0.25) is 0 Å². The van der Waals surface area contributed by atoms with E-state index >= 15 is 0 Å². The van der Waals surface area contributed by atoms with Gasteiger partial charge in [-0.05, 0) is 56.2 Å². The lowest BCUT2D eigenvalue weighted by Crippen LogP contribution is -2.26. The van der Waals surface area contributed by atoms with Gasteiger partial charge in [-0.15, -0.1) is 11.3 Å². The summed E-state index contributed by atoms with van der Waals surface area (Å²) in [5, 5.41) is 3.69. The van der Waals surface area contributed by atoms with Crippen molar-refractivity contribution in [2.75, 3.05) is 20.3 Å². The lowest BCUT2D eigenvalue weighted by Gasteiger charge is -2.23. The van der Waals surface area contributed by atoms with Crippen LogP contribution in [0.1, 0.15) is 60.9 Å². The quantitative estimate of drug-likeness (QED) is 0.756. The van der Waals surface area contributed by atoms with Gasteiger partial charge in [0.15, 0.2) is 0 Å². The highest BCUT2D eigenvalue weighted by molar-refractivity contribution is 7.12. The fourth-order valence-electron chi connectivity index (χ4n) is 3.12. The van der Waals surface area contributed by atoms with Crippen molar-refractivity contribution >= 4 is 11.3 Å². The molecule has 114 valence electrons. The Kier molecular flexibility index (Phi) is 6.53. The van der Waals surface area contributed by atoms with Gasteiger partial charge in [-0.25, -0.2) is 0 Å². The molecule has 1 aliphatic carbocycles. The Balaban J connectivity index is 2.12. The number of hydrogen-bond donors (Lipinski definition) is 1. The molecule has 0 spiro atoms. The second-order valence-corrected chi connectivity index (χ2v) is 7.12. The van der Waals surface area contributed by atoms with E-state index in [1.165, 1.54) is 32.1 Å². The maximum Gasteiger partial charge on any atom is 0.0465 e. The van der Waals surface area contributed by atoms with Crippen molar-refractivity contribution in [1.82, 2.24) is 5.32 Å². The summed E-state index contributed by atoms with van der Waals surface area (Å²) in [5.41, 5.74) is 1.63. The van der Waals surface area contributed by atoms with Crippen molar-refractivity contribution in [2.24, 2.45) is 5.92 Å². The van der Waals surface area contributed by atoms with E-state index < -0.39 is 0 Å². The molecular weight excluding hydrogens is 266 g/mol. The minimum Gasteiger partial charge on any atom is -0.385 e. The van der Waals surface area contributed by atoms with E-state index in [9.17, 15) is 0 Å². The number of ether oxygens (including phenoxy) is 1. The molecule has 2 atom stereocenters. The summed E-state index contributed by atoms with van der Waals surface area (Å²) in [5.74, 6) is 0.622. The Hall–Kier alpha value is -0.380. The highest BCUT2D eigenvalue weighted by atomic mass is 32.1. The van der Waals surface area contributed by atoms with E-state index in [1.54, 1.807) is 22.4 Å². The van der Waals surface area contributed by atoms with E-state index in [0.29, 0.717) is 12.0 Å². The molecular formula is C17H29NOS. The van der Waals surface area contributed by atoms with Crippen molar-refractivity contribution in [3.63, 3.8) is 0 Å². The highest BCUT2D eigenvalue weighted by Gasteiger charge is 2.22. The van der Waals surface area contributed by atoms with Crippen molar-refractivity contribution in [3.8, 4) is 0 Å². The molecule has 2 rings (SSSR count).